The minimum Gasteiger partial charge on any atom is -0.204 e. The van der Waals surface area contributed by atoms with E-state index < -0.39 is 17.5 Å². The van der Waals surface area contributed by atoms with Crippen LogP contribution in [0.15, 0.2) is 30.1 Å². The van der Waals surface area contributed by atoms with Gasteiger partial charge < -0.3 is 0 Å². The number of benzene rings is 1. The molecule has 0 amide bonds. The zero-order valence-corrected chi connectivity index (χ0v) is 17.2. The van der Waals surface area contributed by atoms with E-state index in [-0.39, 0.29) is 5.92 Å². The molecule has 2 saturated carbocycles. The molecule has 0 atom stereocenters. The van der Waals surface area contributed by atoms with Crippen molar-refractivity contribution >= 4 is 0 Å². The van der Waals surface area contributed by atoms with Crippen LogP contribution < -0.4 is 0 Å². The standard InChI is InChI=1S/C25H32F3N/c26-23(17-29)15-20-7-12-22(13-8-20)21-10-5-18(6-11-21)3-1-2-4-19-9-14-24(27)25(28)16-19/h9,14-16,18,20-22H,1-8,10-13H2/b23-15-. The molecule has 0 N–H and O–H groups in total. The highest BCUT2D eigenvalue weighted by Gasteiger charge is 2.30. The molecule has 2 aliphatic rings. The molecule has 4 heteroatoms. The van der Waals surface area contributed by atoms with Gasteiger partial charge in [0, 0.05) is 0 Å². The molecule has 2 aliphatic carbocycles. The van der Waals surface area contributed by atoms with Gasteiger partial charge in [-0.25, -0.2) is 8.78 Å². The molecular weight excluding hydrogens is 371 g/mol. The average molecular weight is 404 g/mol. The average Bonchev–Trinajstić information content (AvgIpc) is 2.74. The number of nitriles is 1. The van der Waals surface area contributed by atoms with Gasteiger partial charge in [-0.05, 0) is 98.8 Å². The molecular formula is C25H32F3N. The summed E-state index contributed by atoms with van der Waals surface area (Å²) in [7, 11) is 0. The quantitative estimate of drug-likeness (QED) is 0.338. The van der Waals surface area contributed by atoms with Gasteiger partial charge in [0.15, 0.2) is 17.5 Å². The summed E-state index contributed by atoms with van der Waals surface area (Å²) in [6, 6.07) is 5.81. The number of nitrogens with zero attached hydrogens (tertiary/aromatic N) is 1. The molecule has 3 rings (SSSR count). The third kappa shape index (κ3) is 6.63. The molecule has 2 fully saturated rings. The van der Waals surface area contributed by atoms with Crippen molar-refractivity contribution in [3.05, 3.63) is 47.3 Å². The van der Waals surface area contributed by atoms with Crippen LogP contribution in [0.4, 0.5) is 13.2 Å². The third-order valence-electron chi connectivity index (χ3n) is 7.18. The lowest BCUT2D eigenvalue weighted by Gasteiger charge is -2.37. The largest absolute Gasteiger partial charge is 0.204 e. The number of unbranched alkanes of at least 4 members (excludes halogenated alkanes) is 1. The van der Waals surface area contributed by atoms with Crippen LogP contribution in [-0.2, 0) is 6.42 Å². The Morgan fingerprint density at radius 2 is 1.59 bits per heavy atom. The van der Waals surface area contributed by atoms with E-state index in [1.54, 1.807) is 12.1 Å². The number of aryl methyl sites for hydroxylation is 1. The summed E-state index contributed by atoms with van der Waals surface area (Å²) >= 11 is 0. The van der Waals surface area contributed by atoms with E-state index in [4.69, 9.17) is 5.26 Å². The maximum atomic E-state index is 13.3. The summed E-state index contributed by atoms with van der Waals surface area (Å²) in [6.07, 6.45) is 15.4. The predicted octanol–water partition coefficient (Wildman–Crippen LogP) is 7.67. The van der Waals surface area contributed by atoms with Gasteiger partial charge in [0.25, 0.3) is 0 Å². The zero-order chi connectivity index (χ0) is 20.6. The van der Waals surface area contributed by atoms with E-state index in [2.05, 4.69) is 0 Å². The summed E-state index contributed by atoms with van der Waals surface area (Å²) < 4.78 is 39.4. The molecule has 0 radical (unpaired) electrons. The van der Waals surface area contributed by atoms with Crippen molar-refractivity contribution in [3.8, 4) is 6.07 Å². The van der Waals surface area contributed by atoms with Crippen molar-refractivity contribution in [1.82, 2.24) is 0 Å². The fourth-order valence-electron chi connectivity index (χ4n) is 5.43. The molecule has 158 valence electrons. The van der Waals surface area contributed by atoms with Gasteiger partial charge in [-0.1, -0.05) is 31.7 Å². The molecule has 0 heterocycles. The van der Waals surface area contributed by atoms with E-state index in [0.29, 0.717) is 0 Å². The lowest BCUT2D eigenvalue weighted by molar-refractivity contribution is 0.151. The Hall–Kier alpha value is -1.76. The van der Waals surface area contributed by atoms with Crippen LogP contribution in [0.5, 0.6) is 0 Å². The molecule has 0 saturated heterocycles. The highest BCUT2D eigenvalue weighted by Crippen LogP contribution is 2.42. The number of allylic oxidation sites excluding steroid dienone is 2. The van der Waals surface area contributed by atoms with Gasteiger partial charge in [0.1, 0.15) is 6.07 Å². The fourth-order valence-corrected chi connectivity index (χ4v) is 5.43. The van der Waals surface area contributed by atoms with Crippen molar-refractivity contribution in [2.24, 2.45) is 23.7 Å². The number of halogens is 3. The highest BCUT2D eigenvalue weighted by atomic mass is 19.2. The minimum absolute atomic E-state index is 0.247. The van der Waals surface area contributed by atoms with Crippen molar-refractivity contribution in [2.45, 2.75) is 77.0 Å². The zero-order valence-electron chi connectivity index (χ0n) is 17.2. The SMILES string of the molecule is N#C/C(F)=C/C1CCC(C2CCC(CCCCc3ccc(F)c(F)c3)CC2)CC1. The second-order valence-corrected chi connectivity index (χ2v) is 9.08. The molecule has 1 aromatic carbocycles. The summed E-state index contributed by atoms with van der Waals surface area (Å²) in [6.45, 7) is 0. The first-order valence-electron chi connectivity index (χ1n) is 11.3. The topological polar surface area (TPSA) is 23.8 Å². The first-order chi connectivity index (χ1) is 14.0. The van der Waals surface area contributed by atoms with E-state index in [1.807, 2.05) is 0 Å². The normalized spacial score (nSPS) is 28.1. The van der Waals surface area contributed by atoms with Crippen molar-refractivity contribution in [1.29, 1.82) is 5.26 Å². The van der Waals surface area contributed by atoms with Gasteiger partial charge in [-0.15, -0.1) is 0 Å². The van der Waals surface area contributed by atoms with Crippen LogP contribution in [0.25, 0.3) is 0 Å². The Bertz CT molecular complexity index is 720. The second kappa shape index (κ2) is 10.9. The third-order valence-corrected chi connectivity index (χ3v) is 7.18. The van der Waals surface area contributed by atoms with Gasteiger partial charge >= 0.3 is 0 Å². The van der Waals surface area contributed by atoms with Crippen LogP contribution in [0.2, 0.25) is 0 Å². The van der Waals surface area contributed by atoms with Crippen LogP contribution in [0.3, 0.4) is 0 Å². The molecule has 0 unspecified atom stereocenters. The van der Waals surface area contributed by atoms with E-state index in [1.165, 1.54) is 63.2 Å². The maximum absolute atomic E-state index is 13.3. The highest BCUT2D eigenvalue weighted by molar-refractivity contribution is 5.17. The molecule has 0 spiro atoms. The smallest absolute Gasteiger partial charge is 0.196 e. The summed E-state index contributed by atoms with van der Waals surface area (Å²) in [5.74, 6) is 0.500. The van der Waals surface area contributed by atoms with Crippen molar-refractivity contribution in [3.63, 3.8) is 0 Å². The monoisotopic (exact) mass is 403 g/mol. The Labute approximate surface area is 173 Å². The van der Waals surface area contributed by atoms with Crippen molar-refractivity contribution < 1.29 is 13.2 Å². The Kier molecular flexibility index (Phi) is 8.21. The van der Waals surface area contributed by atoms with Gasteiger partial charge in [-0.2, -0.15) is 9.65 Å². The Balaban J connectivity index is 1.31. The predicted molar refractivity (Wildman–Crippen MR) is 110 cm³/mol. The molecule has 1 aromatic rings. The van der Waals surface area contributed by atoms with E-state index >= 15 is 0 Å². The first kappa shape index (κ1) is 21.9. The summed E-state index contributed by atoms with van der Waals surface area (Å²) in [4.78, 5) is 0. The van der Waals surface area contributed by atoms with Gasteiger partial charge in [-0.3, -0.25) is 0 Å². The number of hydrogen-bond donors (Lipinski definition) is 0. The minimum atomic E-state index is -0.773. The number of rotatable bonds is 7. The van der Waals surface area contributed by atoms with Crippen LogP contribution >= 0.6 is 0 Å². The number of hydrogen-bond acceptors (Lipinski definition) is 1. The summed E-state index contributed by atoms with van der Waals surface area (Å²) in [5, 5.41) is 8.58. The van der Waals surface area contributed by atoms with Crippen molar-refractivity contribution in [2.75, 3.05) is 0 Å². The fraction of sp³-hybridized carbons (Fsp3) is 0.640. The van der Waals surface area contributed by atoms with Crippen LogP contribution in [0, 0.1) is 46.6 Å². The van der Waals surface area contributed by atoms with E-state index in [9.17, 15) is 13.2 Å². The van der Waals surface area contributed by atoms with Gasteiger partial charge in [0.2, 0.25) is 0 Å². The maximum Gasteiger partial charge on any atom is 0.196 e. The first-order valence-corrected chi connectivity index (χ1v) is 11.3. The molecule has 0 bridgehead atoms. The van der Waals surface area contributed by atoms with Crippen LogP contribution in [-0.4, -0.2) is 0 Å². The lowest BCUT2D eigenvalue weighted by Crippen LogP contribution is -2.25. The molecule has 0 aliphatic heterocycles. The lowest BCUT2D eigenvalue weighted by atomic mass is 9.68. The molecule has 29 heavy (non-hydrogen) atoms. The Morgan fingerprint density at radius 3 is 2.21 bits per heavy atom. The Morgan fingerprint density at radius 1 is 0.931 bits per heavy atom. The molecule has 1 nitrogen and oxygen atoms in total. The van der Waals surface area contributed by atoms with Gasteiger partial charge in [0.05, 0.1) is 0 Å². The van der Waals surface area contributed by atoms with Crippen LogP contribution in [0.1, 0.15) is 76.2 Å². The molecule has 0 aromatic heterocycles. The second-order valence-electron chi connectivity index (χ2n) is 9.08. The summed E-state index contributed by atoms with van der Waals surface area (Å²) in [5.41, 5.74) is 0.882. The van der Waals surface area contributed by atoms with E-state index in [0.717, 1.165) is 55.4 Å².